The second-order valence-electron chi connectivity index (χ2n) is 7.27. The highest BCUT2D eigenvalue weighted by Gasteiger charge is 2.25. The number of hydrogen-bond acceptors (Lipinski definition) is 3. The van der Waals surface area contributed by atoms with E-state index in [0.29, 0.717) is 16.9 Å². The molecule has 2 fully saturated rings. The van der Waals surface area contributed by atoms with Crippen LogP contribution in [0.1, 0.15) is 68.3 Å². The summed E-state index contributed by atoms with van der Waals surface area (Å²) in [5.41, 5.74) is 0. The van der Waals surface area contributed by atoms with Gasteiger partial charge in [-0.2, -0.15) is 0 Å². The Morgan fingerprint density at radius 3 is 2.48 bits per heavy atom. The van der Waals surface area contributed by atoms with Crippen molar-refractivity contribution < 1.29 is 14.0 Å². The number of carbonyl (C=O) groups is 2. The third kappa shape index (κ3) is 5.33. The molecule has 2 heterocycles. The minimum absolute atomic E-state index is 0.110. The van der Waals surface area contributed by atoms with E-state index in [1.807, 2.05) is 4.90 Å². The lowest BCUT2D eigenvalue weighted by atomic mass is 9.86. The number of halogens is 1. The number of nitrogens with zero attached hydrogens (tertiary/aromatic N) is 1. The Morgan fingerprint density at radius 1 is 1.12 bits per heavy atom. The molecule has 0 spiro atoms. The third-order valence-electron chi connectivity index (χ3n) is 5.47. The van der Waals surface area contributed by atoms with E-state index in [1.54, 1.807) is 12.1 Å². The zero-order chi connectivity index (χ0) is 17.6. The minimum atomic E-state index is -0.187. The largest absolute Gasteiger partial charge is 0.444 e. The van der Waals surface area contributed by atoms with Crippen molar-refractivity contribution in [1.29, 1.82) is 0 Å². The van der Waals surface area contributed by atoms with Crippen LogP contribution in [0, 0.1) is 5.92 Å². The standard InChI is InChI=1S/C19H27BrN2O3/c20-17-8-7-16(25-17)19(24)21-15-10-12-22(13-11-15)18(23)9-6-14-4-2-1-3-5-14/h7-8,14-15H,1-6,9-13H2,(H,21,24). The van der Waals surface area contributed by atoms with Gasteiger partial charge >= 0.3 is 0 Å². The Bertz CT molecular complexity index is 587. The van der Waals surface area contributed by atoms with Gasteiger partial charge in [-0.25, -0.2) is 0 Å². The smallest absolute Gasteiger partial charge is 0.287 e. The highest BCUT2D eigenvalue weighted by Crippen LogP contribution is 2.27. The monoisotopic (exact) mass is 410 g/mol. The Balaban J connectivity index is 1.37. The van der Waals surface area contributed by atoms with Crippen LogP contribution in [0.4, 0.5) is 0 Å². The van der Waals surface area contributed by atoms with Gasteiger partial charge in [0.25, 0.3) is 5.91 Å². The van der Waals surface area contributed by atoms with Crippen LogP contribution in [0.25, 0.3) is 0 Å². The Hall–Kier alpha value is -1.30. The highest BCUT2D eigenvalue weighted by atomic mass is 79.9. The Kier molecular flexibility index (Phi) is 6.57. The van der Waals surface area contributed by atoms with Gasteiger partial charge in [0.2, 0.25) is 5.91 Å². The quantitative estimate of drug-likeness (QED) is 0.793. The van der Waals surface area contributed by atoms with Crippen molar-refractivity contribution in [3.63, 3.8) is 0 Å². The molecule has 1 saturated carbocycles. The summed E-state index contributed by atoms with van der Waals surface area (Å²) in [6, 6.07) is 3.48. The van der Waals surface area contributed by atoms with Gasteiger partial charge in [-0.1, -0.05) is 32.1 Å². The molecule has 5 nitrogen and oxygen atoms in total. The number of rotatable bonds is 5. The Morgan fingerprint density at radius 2 is 1.84 bits per heavy atom. The fourth-order valence-corrected chi connectivity index (χ4v) is 4.23. The molecule has 0 aromatic carbocycles. The Labute approximate surface area is 157 Å². The predicted molar refractivity (Wildman–Crippen MR) is 99.3 cm³/mol. The first-order chi connectivity index (χ1) is 12.1. The first-order valence-corrected chi connectivity index (χ1v) is 10.2. The number of amides is 2. The van der Waals surface area contributed by atoms with Gasteiger partial charge in [0.05, 0.1) is 0 Å². The average Bonchev–Trinajstić information content (AvgIpc) is 3.08. The number of likely N-dealkylation sites (tertiary alicyclic amines) is 1. The van der Waals surface area contributed by atoms with E-state index >= 15 is 0 Å². The molecule has 138 valence electrons. The van der Waals surface area contributed by atoms with Crippen molar-refractivity contribution in [2.24, 2.45) is 5.92 Å². The van der Waals surface area contributed by atoms with E-state index in [2.05, 4.69) is 21.2 Å². The van der Waals surface area contributed by atoms with Crippen LogP contribution in [0.5, 0.6) is 0 Å². The van der Waals surface area contributed by atoms with Gasteiger partial charge < -0.3 is 14.6 Å². The first-order valence-electron chi connectivity index (χ1n) is 9.46. The van der Waals surface area contributed by atoms with E-state index in [-0.39, 0.29) is 17.9 Å². The van der Waals surface area contributed by atoms with Gasteiger partial charge in [0, 0.05) is 25.6 Å². The SMILES string of the molecule is O=C(NC1CCN(C(=O)CCC2CCCCC2)CC1)c1ccc(Br)o1. The minimum Gasteiger partial charge on any atom is -0.444 e. The van der Waals surface area contributed by atoms with Crippen LogP contribution < -0.4 is 5.32 Å². The molecule has 0 atom stereocenters. The maximum atomic E-state index is 12.4. The fraction of sp³-hybridized carbons (Fsp3) is 0.684. The topological polar surface area (TPSA) is 62.6 Å². The number of piperidine rings is 1. The molecule has 0 unspecified atom stereocenters. The van der Waals surface area contributed by atoms with Crippen LogP contribution in [0.3, 0.4) is 0 Å². The molecule has 2 aliphatic rings. The van der Waals surface area contributed by atoms with Crippen molar-refractivity contribution in [3.05, 3.63) is 22.6 Å². The summed E-state index contributed by atoms with van der Waals surface area (Å²) in [5.74, 6) is 1.16. The fourth-order valence-electron chi connectivity index (χ4n) is 3.93. The molecule has 25 heavy (non-hydrogen) atoms. The molecule has 1 aromatic heterocycles. The van der Waals surface area contributed by atoms with Gasteiger partial charge in [-0.05, 0) is 53.2 Å². The van der Waals surface area contributed by atoms with E-state index in [4.69, 9.17) is 4.42 Å². The van der Waals surface area contributed by atoms with Crippen molar-refractivity contribution in [1.82, 2.24) is 10.2 Å². The van der Waals surface area contributed by atoms with E-state index < -0.39 is 0 Å². The first kappa shape index (κ1) is 18.5. The summed E-state index contributed by atoms with van der Waals surface area (Å²) >= 11 is 3.20. The summed E-state index contributed by atoms with van der Waals surface area (Å²) in [6.07, 6.45) is 9.95. The molecule has 1 saturated heterocycles. The van der Waals surface area contributed by atoms with E-state index in [1.165, 1.54) is 32.1 Å². The molecule has 0 bridgehead atoms. The second-order valence-corrected chi connectivity index (χ2v) is 8.06. The van der Waals surface area contributed by atoms with Crippen LogP contribution >= 0.6 is 15.9 Å². The number of hydrogen-bond donors (Lipinski definition) is 1. The average molecular weight is 411 g/mol. The molecule has 0 radical (unpaired) electrons. The maximum absolute atomic E-state index is 12.4. The van der Waals surface area contributed by atoms with Crippen LogP contribution in [-0.4, -0.2) is 35.8 Å². The summed E-state index contributed by atoms with van der Waals surface area (Å²) in [7, 11) is 0. The predicted octanol–water partition coefficient (Wildman–Crippen LogP) is 4.12. The molecule has 1 aliphatic heterocycles. The van der Waals surface area contributed by atoms with Crippen molar-refractivity contribution >= 4 is 27.7 Å². The second kappa shape index (κ2) is 8.88. The number of furan rings is 1. The van der Waals surface area contributed by atoms with Crippen LogP contribution in [0.15, 0.2) is 21.2 Å². The van der Waals surface area contributed by atoms with E-state index in [9.17, 15) is 9.59 Å². The van der Waals surface area contributed by atoms with Gasteiger partial charge in [0.1, 0.15) is 0 Å². The van der Waals surface area contributed by atoms with Crippen LogP contribution in [0.2, 0.25) is 0 Å². The van der Waals surface area contributed by atoms with Crippen LogP contribution in [-0.2, 0) is 4.79 Å². The lowest BCUT2D eigenvalue weighted by Crippen LogP contribution is -2.46. The van der Waals surface area contributed by atoms with Gasteiger partial charge in [-0.3, -0.25) is 9.59 Å². The van der Waals surface area contributed by atoms with Gasteiger partial charge in [-0.15, -0.1) is 0 Å². The maximum Gasteiger partial charge on any atom is 0.287 e. The molecule has 1 aliphatic carbocycles. The summed E-state index contributed by atoms with van der Waals surface area (Å²) in [4.78, 5) is 26.5. The highest BCUT2D eigenvalue weighted by molar-refractivity contribution is 9.10. The lowest BCUT2D eigenvalue weighted by Gasteiger charge is -2.32. The molecular formula is C19H27BrN2O3. The molecule has 1 N–H and O–H groups in total. The number of nitrogens with one attached hydrogen (secondary N) is 1. The molecule has 2 amide bonds. The number of carbonyl (C=O) groups excluding carboxylic acids is 2. The molecule has 1 aromatic rings. The molecule has 6 heteroatoms. The third-order valence-corrected chi connectivity index (χ3v) is 5.90. The van der Waals surface area contributed by atoms with Crippen molar-refractivity contribution in [2.75, 3.05) is 13.1 Å². The van der Waals surface area contributed by atoms with Crippen molar-refractivity contribution in [2.45, 2.75) is 63.8 Å². The zero-order valence-corrected chi connectivity index (χ0v) is 16.2. The summed E-state index contributed by atoms with van der Waals surface area (Å²) in [6.45, 7) is 1.46. The normalized spacial score (nSPS) is 19.8. The van der Waals surface area contributed by atoms with Crippen molar-refractivity contribution in [3.8, 4) is 0 Å². The van der Waals surface area contributed by atoms with Gasteiger partial charge in [0.15, 0.2) is 10.4 Å². The lowest BCUT2D eigenvalue weighted by molar-refractivity contribution is -0.132. The zero-order valence-electron chi connectivity index (χ0n) is 14.6. The van der Waals surface area contributed by atoms with E-state index in [0.717, 1.165) is 38.3 Å². The molecular weight excluding hydrogens is 384 g/mol. The molecule has 3 rings (SSSR count). The summed E-state index contributed by atoms with van der Waals surface area (Å²) in [5, 5.41) is 3.00. The summed E-state index contributed by atoms with van der Waals surface area (Å²) < 4.78 is 5.83.